The Morgan fingerprint density at radius 3 is 3.00 bits per heavy atom. The van der Waals surface area contributed by atoms with Crippen molar-refractivity contribution < 1.29 is 0 Å². The Morgan fingerprint density at radius 1 is 1.41 bits per heavy atom. The highest BCUT2D eigenvalue weighted by molar-refractivity contribution is 6.30. The highest BCUT2D eigenvalue weighted by Gasteiger charge is 2.14. The fourth-order valence-corrected chi connectivity index (χ4v) is 2.08. The monoisotopic (exact) mass is 247 g/mol. The van der Waals surface area contributed by atoms with Gasteiger partial charge in [0.15, 0.2) is 5.65 Å². The maximum absolute atomic E-state index is 5.96. The van der Waals surface area contributed by atoms with Crippen molar-refractivity contribution in [2.75, 3.05) is 5.73 Å². The number of benzene rings is 1. The lowest BCUT2D eigenvalue weighted by Gasteiger charge is -2.01. The molecular formula is C11H10ClN5. The van der Waals surface area contributed by atoms with E-state index < -0.39 is 0 Å². The first-order chi connectivity index (χ1) is 8.16. The smallest absolute Gasteiger partial charge is 0.186 e. The van der Waals surface area contributed by atoms with Gasteiger partial charge in [-0.2, -0.15) is 10.2 Å². The first kappa shape index (κ1) is 10.2. The van der Waals surface area contributed by atoms with Gasteiger partial charge in [-0.15, -0.1) is 0 Å². The van der Waals surface area contributed by atoms with Crippen molar-refractivity contribution in [2.24, 2.45) is 0 Å². The van der Waals surface area contributed by atoms with Gasteiger partial charge in [0.25, 0.3) is 0 Å². The van der Waals surface area contributed by atoms with E-state index in [1.54, 1.807) is 4.68 Å². The number of hydrogen-bond acceptors (Lipinski definition) is 3. The maximum atomic E-state index is 5.96. The van der Waals surface area contributed by atoms with Crippen molar-refractivity contribution in [3.05, 3.63) is 35.0 Å². The zero-order valence-electron chi connectivity index (χ0n) is 9.11. The van der Waals surface area contributed by atoms with Gasteiger partial charge in [-0.3, -0.25) is 5.10 Å². The average Bonchev–Trinajstić information content (AvgIpc) is 2.82. The predicted octanol–water partition coefficient (Wildman–Crippen LogP) is 2.29. The molecule has 0 radical (unpaired) electrons. The quantitative estimate of drug-likeness (QED) is 0.693. The molecule has 2 aromatic heterocycles. The number of nitrogens with one attached hydrogen (secondary N) is 1. The summed E-state index contributed by atoms with van der Waals surface area (Å²) in [4.78, 5) is 0. The van der Waals surface area contributed by atoms with E-state index in [9.17, 15) is 0 Å². The molecule has 0 saturated carbocycles. The van der Waals surface area contributed by atoms with Crippen LogP contribution in [0.3, 0.4) is 0 Å². The Labute approximate surface area is 102 Å². The highest BCUT2D eigenvalue weighted by atomic mass is 35.5. The molecule has 0 fully saturated rings. The van der Waals surface area contributed by atoms with Crippen LogP contribution in [-0.4, -0.2) is 20.0 Å². The number of aromatic amines is 1. The van der Waals surface area contributed by atoms with Gasteiger partial charge in [0.2, 0.25) is 0 Å². The Balaban J connectivity index is 2.31. The van der Waals surface area contributed by atoms with Gasteiger partial charge in [0.1, 0.15) is 5.82 Å². The van der Waals surface area contributed by atoms with Crippen LogP contribution in [0.4, 0.5) is 5.82 Å². The van der Waals surface area contributed by atoms with Gasteiger partial charge in [-0.25, -0.2) is 4.68 Å². The van der Waals surface area contributed by atoms with Crippen LogP contribution in [0, 0.1) is 6.92 Å². The van der Waals surface area contributed by atoms with Crippen molar-refractivity contribution in [1.82, 2.24) is 20.0 Å². The molecule has 86 valence electrons. The largest absolute Gasteiger partial charge is 0.383 e. The normalized spacial score (nSPS) is 11.2. The summed E-state index contributed by atoms with van der Waals surface area (Å²) in [6, 6.07) is 7.44. The second kappa shape index (κ2) is 3.49. The molecule has 3 N–H and O–H groups in total. The summed E-state index contributed by atoms with van der Waals surface area (Å²) in [5, 5.41) is 12.8. The van der Waals surface area contributed by atoms with Gasteiger partial charge in [0.05, 0.1) is 16.8 Å². The lowest BCUT2D eigenvalue weighted by atomic mass is 10.3. The number of fused-ring (bicyclic) bond motifs is 1. The predicted molar refractivity (Wildman–Crippen MR) is 67.4 cm³/mol. The van der Waals surface area contributed by atoms with Crippen molar-refractivity contribution in [1.29, 1.82) is 0 Å². The molecule has 3 aromatic rings. The van der Waals surface area contributed by atoms with E-state index in [2.05, 4.69) is 15.3 Å². The number of hydrogen-bond donors (Lipinski definition) is 2. The van der Waals surface area contributed by atoms with E-state index in [0.717, 1.165) is 16.8 Å². The van der Waals surface area contributed by atoms with Gasteiger partial charge >= 0.3 is 0 Å². The number of aryl methyl sites for hydroxylation is 1. The second-order valence-corrected chi connectivity index (χ2v) is 4.25. The van der Waals surface area contributed by atoms with E-state index in [1.807, 2.05) is 31.2 Å². The van der Waals surface area contributed by atoms with Gasteiger partial charge in [0, 0.05) is 5.02 Å². The topological polar surface area (TPSA) is 72.5 Å². The minimum atomic E-state index is 0.533. The summed E-state index contributed by atoms with van der Waals surface area (Å²) in [6.45, 7) is 1.90. The number of anilines is 1. The molecule has 0 saturated heterocycles. The average molecular weight is 248 g/mol. The van der Waals surface area contributed by atoms with Crippen molar-refractivity contribution in [3.8, 4) is 5.69 Å². The van der Waals surface area contributed by atoms with E-state index in [-0.39, 0.29) is 0 Å². The van der Waals surface area contributed by atoms with E-state index in [1.165, 1.54) is 0 Å². The number of H-pyrrole nitrogens is 1. The zero-order chi connectivity index (χ0) is 12.0. The van der Waals surface area contributed by atoms with Crippen LogP contribution in [-0.2, 0) is 0 Å². The van der Waals surface area contributed by atoms with Crippen LogP contribution >= 0.6 is 11.6 Å². The van der Waals surface area contributed by atoms with Crippen molar-refractivity contribution in [3.63, 3.8) is 0 Å². The molecule has 0 unspecified atom stereocenters. The van der Waals surface area contributed by atoms with Gasteiger partial charge in [-0.05, 0) is 25.1 Å². The number of nitrogens with zero attached hydrogens (tertiary/aromatic N) is 3. The molecule has 0 atom stereocenters. The van der Waals surface area contributed by atoms with Crippen LogP contribution in [0.5, 0.6) is 0 Å². The minimum Gasteiger partial charge on any atom is -0.383 e. The molecule has 1 aromatic carbocycles. The zero-order valence-corrected chi connectivity index (χ0v) is 9.86. The van der Waals surface area contributed by atoms with Crippen molar-refractivity contribution in [2.45, 2.75) is 6.92 Å². The Morgan fingerprint density at radius 2 is 2.24 bits per heavy atom. The maximum Gasteiger partial charge on any atom is 0.186 e. The summed E-state index contributed by atoms with van der Waals surface area (Å²) in [5.41, 5.74) is 8.21. The number of aromatic nitrogens is 4. The molecule has 0 aliphatic carbocycles. The van der Waals surface area contributed by atoms with Crippen LogP contribution in [0.15, 0.2) is 24.3 Å². The summed E-state index contributed by atoms with van der Waals surface area (Å²) in [5.74, 6) is 0.533. The summed E-state index contributed by atoms with van der Waals surface area (Å²) >= 11 is 5.96. The SMILES string of the molecule is Cc1nn(-c2cccc(Cl)c2)c2n[nH]c(N)c12. The van der Waals surface area contributed by atoms with Crippen LogP contribution in [0.25, 0.3) is 16.7 Å². The fourth-order valence-electron chi connectivity index (χ4n) is 1.89. The standard InChI is InChI=1S/C11H10ClN5/c1-6-9-10(13)14-15-11(9)17(16-6)8-4-2-3-7(12)5-8/h2-5H,1H3,(H3,13,14,15). The summed E-state index contributed by atoms with van der Waals surface area (Å²) in [6.07, 6.45) is 0. The molecule has 0 amide bonds. The van der Waals surface area contributed by atoms with E-state index in [4.69, 9.17) is 17.3 Å². The first-order valence-corrected chi connectivity index (χ1v) is 5.50. The molecule has 2 heterocycles. The lowest BCUT2D eigenvalue weighted by Crippen LogP contribution is -1.97. The molecule has 0 aliphatic heterocycles. The fraction of sp³-hybridized carbons (Fsp3) is 0.0909. The molecule has 0 bridgehead atoms. The number of halogens is 1. The summed E-state index contributed by atoms with van der Waals surface area (Å²) in [7, 11) is 0. The summed E-state index contributed by atoms with van der Waals surface area (Å²) < 4.78 is 1.73. The first-order valence-electron chi connectivity index (χ1n) is 5.12. The third-order valence-corrected chi connectivity index (χ3v) is 2.88. The van der Waals surface area contributed by atoms with E-state index >= 15 is 0 Å². The minimum absolute atomic E-state index is 0.533. The van der Waals surface area contributed by atoms with Gasteiger partial charge in [-0.1, -0.05) is 17.7 Å². The molecule has 0 aliphatic rings. The molecule has 3 rings (SSSR count). The van der Waals surface area contributed by atoms with Crippen molar-refractivity contribution >= 4 is 28.5 Å². The van der Waals surface area contributed by atoms with Gasteiger partial charge < -0.3 is 5.73 Å². The van der Waals surface area contributed by atoms with Crippen LogP contribution in [0.1, 0.15) is 5.69 Å². The molecule has 6 heteroatoms. The third-order valence-electron chi connectivity index (χ3n) is 2.64. The molecule has 5 nitrogen and oxygen atoms in total. The molecular weight excluding hydrogens is 238 g/mol. The van der Waals surface area contributed by atoms with Crippen LogP contribution in [0.2, 0.25) is 5.02 Å². The Bertz CT molecular complexity index is 697. The number of rotatable bonds is 1. The lowest BCUT2D eigenvalue weighted by molar-refractivity contribution is 0.865. The number of nitrogen functional groups attached to an aromatic ring is 1. The van der Waals surface area contributed by atoms with E-state index in [0.29, 0.717) is 16.5 Å². The Hall–Kier alpha value is -2.01. The highest BCUT2D eigenvalue weighted by Crippen LogP contribution is 2.25. The molecule has 0 spiro atoms. The number of nitrogens with two attached hydrogens (primary N) is 1. The Kier molecular flexibility index (Phi) is 2.09. The third kappa shape index (κ3) is 1.47. The van der Waals surface area contributed by atoms with Crippen LogP contribution < -0.4 is 5.73 Å². The molecule has 17 heavy (non-hydrogen) atoms. The second-order valence-electron chi connectivity index (χ2n) is 3.81.